The molecule has 1 aliphatic rings. The minimum absolute atomic E-state index is 0.145. The third kappa shape index (κ3) is 4.59. The fraction of sp³-hybridized carbons (Fsp3) is 0.292. The molecular weight excluding hydrogens is 480 g/mol. The highest BCUT2D eigenvalue weighted by atomic mass is 35.5. The molecule has 1 N–H and O–H groups in total. The Balaban J connectivity index is 1.30. The van der Waals surface area contributed by atoms with Crippen molar-refractivity contribution in [3.8, 4) is 5.69 Å². The number of benzene rings is 2. The molecule has 5 rings (SSSR count). The molecule has 1 fully saturated rings. The summed E-state index contributed by atoms with van der Waals surface area (Å²) in [5.41, 5.74) is 0.678. The summed E-state index contributed by atoms with van der Waals surface area (Å²) in [7, 11) is 0. The van der Waals surface area contributed by atoms with Crippen molar-refractivity contribution in [1.82, 2.24) is 24.2 Å². The van der Waals surface area contributed by atoms with E-state index in [4.69, 9.17) is 23.2 Å². The van der Waals surface area contributed by atoms with Crippen LogP contribution >= 0.6 is 23.2 Å². The third-order valence-corrected chi connectivity index (χ3v) is 6.87. The van der Waals surface area contributed by atoms with Crippen molar-refractivity contribution in [3.05, 3.63) is 86.8 Å². The van der Waals surface area contributed by atoms with E-state index in [-0.39, 0.29) is 17.9 Å². The molecule has 0 spiro atoms. The molecule has 7 nitrogen and oxygen atoms in total. The standard InChI is InChI=1S/C24H22Cl2FN5O2/c25-17-2-1-16(21(26)11-17)13-30-9-7-24(34,8-10-30)14-31-15-28-22-20(23(31)33)12-29-32(22)19-5-3-18(27)4-6-19/h1-6,11-12,15,34H,7-10,13-14H2. The van der Waals surface area contributed by atoms with Gasteiger partial charge < -0.3 is 5.11 Å². The molecule has 0 unspecified atom stereocenters. The van der Waals surface area contributed by atoms with E-state index in [1.165, 1.54) is 33.9 Å². The summed E-state index contributed by atoms with van der Waals surface area (Å²) in [6.07, 6.45) is 3.91. The smallest absolute Gasteiger partial charge is 0.264 e. The summed E-state index contributed by atoms with van der Waals surface area (Å²) < 4.78 is 16.2. The van der Waals surface area contributed by atoms with E-state index < -0.39 is 5.60 Å². The zero-order valence-electron chi connectivity index (χ0n) is 18.2. The molecule has 1 saturated heterocycles. The Morgan fingerprint density at radius 3 is 2.53 bits per heavy atom. The Hall–Kier alpha value is -2.78. The van der Waals surface area contributed by atoms with Crippen molar-refractivity contribution in [3.63, 3.8) is 0 Å². The van der Waals surface area contributed by atoms with Gasteiger partial charge in [-0.25, -0.2) is 14.1 Å². The average molecular weight is 502 g/mol. The second kappa shape index (κ2) is 9.11. The average Bonchev–Trinajstić information content (AvgIpc) is 3.25. The van der Waals surface area contributed by atoms with Gasteiger partial charge in [0.05, 0.1) is 24.0 Å². The van der Waals surface area contributed by atoms with Gasteiger partial charge in [0.2, 0.25) is 0 Å². The fourth-order valence-corrected chi connectivity index (χ4v) is 4.79. The Morgan fingerprint density at radius 2 is 1.82 bits per heavy atom. The first-order chi connectivity index (χ1) is 16.3. The van der Waals surface area contributed by atoms with Crippen molar-refractivity contribution in [2.45, 2.75) is 31.5 Å². The summed E-state index contributed by atoms with van der Waals surface area (Å²) in [6, 6.07) is 11.3. The highest BCUT2D eigenvalue weighted by Gasteiger charge is 2.33. The third-order valence-electron chi connectivity index (χ3n) is 6.29. The first-order valence-corrected chi connectivity index (χ1v) is 11.6. The largest absolute Gasteiger partial charge is 0.388 e. The Morgan fingerprint density at radius 1 is 1.09 bits per heavy atom. The maximum Gasteiger partial charge on any atom is 0.264 e. The number of aliphatic hydroxyl groups is 1. The second-order valence-electron chi connectivity index (χ2n) is 8.68. The molecule has 176 valence electrons. The highest BCUT2D eigenvalue weighted by Crippen LogP contribution is 2.27. The van der Waals surface area contributed by atoms with E-state index >= 15 is 0 Å². The van der Waals surface area contributed by atoms with Crippen molar-refractivity contribution >= 4 is 34.2 Å². The lowest BCUT2D eigenvalue weighted by Crippen LogP contribution is -2.47. The summed E-state index contributed by atoms with van der Waals surface area (Å²) >= 11 is 12.3. The van der Waals surface area contributed by atoms with Crippen molar-refractivity contribution in [1.29, 1.82) is 0 Å². The predicted molar refractivity (Wildman–Crippen MR) is 129 cm³/mol. The molecule has 0 radical (unpaired) electrons. The lowest BCUT2D eigenvalue weighted by molar-refractivity contribution is -0.0364. The van der Waals surface area contributed by atoms with Crippen LogP contribution in [0.15, 0.2) is 59.8 Å². The normalized spacial score (nSPS) is 16.2. The number of fused-ring (bicyclic) bond motifs is 1. The van der Waals surface area contributed by atoms with E-state index in [1.807, 2.05) is 12.1 Å². The van der Waals surface area contributed by atoms with E-state index in [0.29, 0.717) is 59.2 Å². The molecule has 0 amide bonds. The van der Waals surface area contributed by atoms with Crippen LogP contribution in [-0.4, -0.2) is 48.0 Å². The van der Waals surface area contributed by atoms with Gasteiger partial charge in [0.15, 0.2) is 5.65 Å². The van der Waals surface area contributed by atoms with Crippen molar-refractivity contribution < 1.29 is 9.50 Å². The number of hydrogen-bond acceptors (Lipinski definition) is 5. The van der Waals surface area contributed by atoms with Crippen LogP contribution in [0.25, 0.3) is 16.7 Å². The molecular formula is C24H22Cl2FN5O2. The molecule has 0 saturated carbocycles. The Bertz CT molecular complexity index is 1400. The van der Waals surface area contributed by atoms with E-state index in [0.717, 1.165) is 5.56 Å². The van der Waals surface area contributed by atoms with E-state index in [9.17, 15) is 14.3 Å². The van der Waals surface area contributed by atoms with Crippen LogP contribution in [0.5, 0.6) is 0 Å². The number of nitrogens with zero attached hydrogens (tertiary/aromatic N) is 5. The van der Waals surface area contributed by atoms with Gasteiger partial charge in [-0.1, -0.05) is 29.3 Å². The Labute approximate surface area is 205 Å². The molecule has 10 heteroatoms. The first kappa shape index (κ1) is 23.0. The molecule has 1 aliphatic heterocycles. The zero-order valence-corrected chi connectivity index (χ0v) is 19.7. The molecule has 3 heterocycles. The SMILES string of the molecule is O=c1c2cnn(-c3ccc(F)cc3)c2ncn1CC1(O)CCN(Cc2ccc(Cl)cc2Cl)CC1. The van der Waals surface area contributed by atoms with Crippen molar-refractivity contribution in [2.75, 3.05) is 13.1 Å². The van der Waals surface area contributed by atoms with Gasteiger partial charge in [-0.15, -0.1) is 0 Å². The monoisotopic (exact) mass is 501 g/mol. The van der Waals surface area contributed by atoms with Crippen LogP contribution in [0, 0.1) is 5.82 Å². The maximum atomic E-state index is 13.2. The van der Waals surface area contributed by atoms with Crippen LogP contribution in [0.2, 0.25) is 10.0 Å². The second-order valence-corrected chi connectivity index (χ2v) is 9.53. The van der Waals surface area contributed by atoms with Gasteiger partial charge in [-0.2, -0.15) is 5.10 Å². The van der Waals surface area contributed by atoms with Crippen LogP contribution in [-0.2, 0) is 13.1 Å². The summed E-state index contributed by atoms with van der Waals surface area (Å²) in [5.74, 6) is -0.355. The predicted octanol–water partition coefficient (Wildman–Crippen LogP) is 4.06. The lowest BCUT2D eigenvalue weighted by Gasteiger charge is -2.38. The van der Waals surface area contributed by atoms with E-state index in [2.05, 4.69) is 15.0 Å². The van der Waals surface area contributed by atoms with Gasteiger partial charge in [0.1, 0.15) is 17.5 Å². The number of aromatic nitrogens is 4. The maximum absolute atomic E-state index is 13.2. The topological polar surface area (TPSA) is 76.2 Å². The molecule has 2 aromatic heterocycles. The molecule has 0 bridgehead atoms. The number of hydrogen-bond donors (Lipinski definition) is 1. The molecule has 4 aromatic rings. The fourth-order valence-electron chi connectivity index (χ4n) is 4.33. The summed E-state index contributed by atoms with van der Waals surface area (Å²) in [4.78, 5) is 19.7. The van der Waals surface area contributed by atoms with Crippen molar-refractivity contribution in [2.24, 2.45) is 0 Å². The number of halogens is 3. The quantitative estimate of drug-likeness (QED) is 0.446. The zero-order chi connectivity index (χ0) is 23.9. The number of likely N-dealkylation sites (tertiary alicyclic amines) is 1. The minimum Gasteiger partial charge on any atom is -0.388 e. The Kier molecular flexibility index (Phi) is 6.16. The van der Waals surface area contributed by atoms with Crippen LogP contribution in [0.3, 0.4) is 0 Å². The first-order valence-electron chi connectivity index (χ1n) is 10.9. The van der Waals surface area contributed by atoms with E-state index in [1.54, 1.807) is 18.2 Å². The lowest BCUT2D eigenvalue weighted by atomic mass is 9.91. The van der Waals surface area contributed by atoms with Gasteiger partial charge in [0.25, 0.3) is 5.56 Å². The highest BCUT2D eigenvalue weighted by molar-refractivity contribution is 6.35. The van der Waals surface area contributed by atoms with Crippen LogP contribution in [0.1, 0.15) is 18.4 Å². The van der Waals surface area contributed by atoms with Gasteiger partial charge in [-0.05, 0) is 54.8 Å². The molecule has 2 aromatic carbocycles. The summed E-state index contributed by atoms with van der Waals surface area (Å²) in [6.45, 7) is 2.15. The number of piperidine rings is 1. The molecule has 0 atom stereocenters. The number of rotatable bonds is 5. The van der Waals surface area contributed by atoms with Crippen LogP contribution < -0.4 is 5.56 Å². The van der Waals surface area contributed by atoms with Gasteiger partial charge in [-0.3, -0.25) is 14.3 Å². The van der Waals surface area contributed by atoms with Gasteiger partial charge in [0, 0.05) is 29.7 Å². The molecule has 34 heavy (non-hydrogen) atoms. The molecule has 0 aliphatic carbocycles. The summed E-state index contributed by atoms with van der Waals surface area (Å²) in [5, 5.41) is 17.0. The minimum atomic E-state index is -1.02. The van der Waals surface area contributed by atoms with Crippen LogP contribution in [0.4, 0.5) is 4.39 Å². The van der Waals surface area contributed by atoms with Gasteiger partial charge >= 0.3 is 0 Å².